The van der Waals surface area contributed by atoms with Crippen molar-refractivity contribution in [2.24, 2.45) is 0 Å². The van der Waals surface area contributed by atoms with Crippen molar-refractivity contribution in [3.8, 4) is 5.75 Å². The van der Waals surface area contributed by atoms with E-state index >= 15 is 0 Å². The van der Waals surface area contributed by atoms with E-state index in [-0.39, 0.29) is 0 Å². The van der Waals surface area contributed by atoms with E-state index in [0.29, 0.717) is 19.8 Å². The van der Waals surface area contributed by atoms with Gasteiger partial charge in [0.05, 0.1) is 0 Å². The maximum Gasteiger partial charge on any atom is 0.500 e. The molecule has 0 saturated heterocycles. The smallest absolute Gasteiger partial charge is 0.409 e. The highest BCUT2D eigenvalue weighted by atomic mass is 28.4. The minimum Gasteiger partial charge on any atom is -0.409 e. The number of nitrogens with one attached hydrogen (secondary N) is 2. The van der Waals surface area contributed by atoms with Crippen LogP contribution in [0.4, 0.5) is 0 Å². The molecular formula is C17H32N2O4Si. The van der Waals surface area contributed by atoms with Crippen molar-refractivity contribution in [1.29, 1.82) is 0 Å². The van der Waals surface area contributed by atoms with Crippen molar-refractivity contribution in [3.05, 3.63) is 30.3 Å². The molecule has 0 heterocycles. The zero-order chi connectivity index (χ0) is 17.5. The molecule has 0 saturated carbocycles. The van der Waals surface area contributed by atoms with Crippen LogP contribution in [0.5, 0.6) is 5.75 Å². The molecule has 1 aromatic rings. The van der Waals surface area contributed by atoms with Gasteiger partial charge in [0.15, 0.2) is 0 Å². The Labute approximate surface area is 147 Å². The average molecular weight is 357 g/mol. The third-order valence-corrected chi connectivity index (χ3v) is 6.42. The van der Waals surface area contributed by atoms with E-state index in [1.165, 1.54) is 0 Å². The molecule has 0 aliphatic heterocycles. The van der Waals surface area contributed by atoms with Gasteiger partial charge in [0.1, 0.15) is 5.75 Å². The molecule has 6 nitrogen and oxygen atoms in total. The summed E-state index contributed by atoms with van der Waals surface area (Å²) in [6.45, 7) is 10.3. The Hall–Kier alpha value is -0.963. The van der Waals surface area contributed by atoms with E-state index in [2.05, 4.69) is 10.8 Å². The van der Waals surface area contributed by atoms with Crippen LogP contribution >= 0.6 is 0 Å². The fourth-order valence-corrected chi connectivity index (χ4v) is 4.93. The Balaban J connectivity index is 2.12. The molecule has 0 aromatic heterocycles. The molecule has 138 valence electrons. The van der Waals surface area contributed by atoms with Gasteiger partial charge in [0, 0.05) is 39.0 Å². The fraction of sp³-hybridized carbons (Fsp3) is 0.647. The SMILES string of the molecule is CCO[Si](CCCNCCNOc1ccccc1)(OCC)OCC. The standard InChI is InChI=1S/C17H32N2O4Si/c1-4-20-24(21-5-2,22-6-3)16-10-13-18-14-15-19-23-17-11-8-7-9-12-17/h7-9,11-12,18-19H,4-6,10,13-16H2,1-3H3. The van der Waals surface area contributed by atoms with E-state index in [0.717, 1.165) is 37.8 Å². The summed E-state index contributed by atoms with van der Waals surface area (Å²) in [7, 11) is -2.50. The zero-order valence-corrected chi connectivity index (χ0v) is 16.2. The molecule has 1 rings (SSSR count). The molecule has 24 heavy (non-hydrogen) atoms. The second kappa shape index (κ2) is 13.3. The van der Waals surface area contributed by atoms with Crippen LogP contribution in [0.2, 0.25) is 6.04 Å². The van der Waals surface area contributed by atoms with Crippen LogP contribution in [-0.4, -0.2) is 48.3 Å². The van der Waals surface area contributed by atoms with Crippen molar-refractivity contribution >= 4 is 8.80 Å². The van der Waals surface area contributed by atoms with Gasteiger partial charge < -0.3 is 23.4 Å². The Morgan fingerprint density at radius 1 is 0.833 bits per heavy atom. The van der Waals surface area contributed by atoms with Crippen LogP contribution in [-0.2, 0) is 13.3 Å². The third kappa shape index (κ3) is 8.77. The first-order valence-electron chi connectivity index (χ1n) is 8.83. The largest absolute Gasteiger partial charge is 0.500 e. The number of rotatable bonds is 15. The fourth-order valence-electron chi connectivity index (χ4n) is 2.32. The van der Waals surface area contributed by atoms with Gasteiger partial charge in [0.2, 0.25) is 0 Å². The number of hydroxylamine groups is 1. The number of hydrogen-bond donors (Lipinski definition) is 2. The molecule has 0 radical (unpaired) electrons. The van der Waals surface area contributed by atoms with Crippen LogP contribution in [0.1, 0.15) is 27.2 Å². The number of benzene rings is 1. The Morgan fingerprint density at radius 2 is 1.46 bits per heavy atom. The Morgan fingerprint density at radius 3 is 2.04 bits per heavy atom. The molecule has 0 aliphatic carbocycles. The first-order chi connectivity index (χ1) is 11.8. The molecule has 0 unspecified atom stereocenters. The van der Waals surface area contributed by atoms with Gasteiger partial charge in [-0.05, 0) is 45.9 Å². The van der Waals surface area contributed by atoms with Crippen molar-refractivity contribution in [1.82, 2.24) is 10.8 Å². The van der Waals surface area contributed by atoms with Crippen molar-refractivity contribution < 1.29 is 18.1 Å². The normalized spacial score (nSPS) is 11.6. The summed E-state index contributed by atoms with van der Waals surface area (Å²) >= 11 is 0. The summed E-state index contributed by atoms with van der Waals surface area (Å²) in [6.07, 6.45) is 0.964. The lowest BCUT2D eigenvalue weighted by atomic mass is 10.3. The van der Waals surface area contributed by atoms with Crippen LogP contribution in [0, 0.1) is 0 Å². The molecule has 1 aromatic carbocycles. The number of hydrogen-bond acceptors (Lipinski definition) is 6. The predicted octanol–water partition coefficient (Wildman–Crippen LogP) is 2.60. The molecule has 0 amide bonds. The lowest BCUT2D eigenvalue weighted by Gasteiger charge is -2.28. The lowest BCUT2D eigenvalue weighted by molar-refractivity contribution is 0.0708. The second-order valence-electron chi connectivity index (χ2n) is 5.15. The highest BCUT2D eigenvalue weighted by Crippen LogP contribution is 2.17. The molecule has 0 bridgehead atoms. The molecule has 7 heteroatoms. The Bertz CT molecular complexity index is 392. The summed E-state index contributed by atoms with van der Waals surface area (Å²) in [5.41, 5.74) is 2.94. The van der Waals surface area contributed by atoms with Crippen molar-refractivity contribution in [3.63, 3.8) is 0 Å². The predicted molar refractivity (Wildman–Crippen MR) is 98.0 cm³/mol. The minimum atomic E-state index is -2.50. The van der Waals surface area contributed by atoms with E-state index < -0.39 is 8.80 Å². The van der Waals surface area contributed by atoms with Crippen LogP contribution in [0.25, 0.3) is 0 Å². The van der Waals surface area contributed by atoms with Gasteiger partial charge >= 0.3 is 8.80 Å². The molecule has 0 atom stereocenters. The molecule has 0 aliphatic rings. The van der Waals surface area contributed by atoms with Crippen LogP contribution in [0.15, 0.2) is 30.3 Å². The first kappa shape index (κ1) is 21.1. The summed E-state index contributed by atoms with van der Waals surface area (Å²) in [6, 6.07) is 10.5. The van der Waals surface area contributed by atoms with E-state index in [9.17, 15) is 0 Å². The Kier molecular flexibility index (Phi) is 11.7. The molecular weight excluding hydrogens is 324 g/mol. The molecule has 0 spiro atoms. The van der Waals surface area contributed by atoms with Crippen LogP contribution in [0.3, 0.4) is 0 Å². The third-order valence-electron chi connectivity index (χ3n) is 3.27. The van der Waals surface area contributed by atoms with Gasteiger partial charge in [-0.3, -0.25) is 0 Å². The van der Waals surface area contributed by atoms with Crippen molar-refractivity contribution in [2.75, 3.05) is 39.5 Å². The van der Waals surface area contributed by atoms with Crippen molar-refractivity contribution in [2.45, 2.75) is 33.2 Å². The second-order valence-corrected chi connectivity index (χ2v) is 7.88. The highest BCUT2D eigenvalue weighted by molar-refractivity contribution is 6.60. The quantitative estimate of drug-likeness (QED) is 0.286. The maximum absolute atomic E-state index is 5.84. The summed E-state index contributed by atoms with van der Waals surface area (Å²) in [5, 5.41) is 3.38. The summed E-state index contributed by atoms with van der Waals surface area (Å²) < 4.78 is 17.5. The van der Waals surface area contributed by atoms with Crippen LogP contribution < -0.4 is 15.6 Å². The van der Waals surface area contributed by atoms with E-state index in [1.54, 1.807) is 0 Å². The van der Waals surface area contributed by atoms with Gasteiger partial charge in [-0.25, -0.2) is 0 Å². The van der Waals surface area contributed by atoms with E-state index in [1.807, 2.05) is 51.1 Å². The highest BCUT2D eigenvalue weighted by Gasteiger charge is 2.39. The first-order valence-corrected chi connectivity index (χ1v) is 10.8. The topological polar surface area (TPSA) is 61.0 Å². The lowest BCUT2D eigenvalue weighted by Crippen LogP contribution is -2.46. The van der Waals surface area contributed by atoms with Gasteiger partial charge in [-0.2, -0.15) is 5.48 Å². The van der Waals surface area contributed by atoms with Gasteiger partial charge in [-0.1, -0.05) is 18.2 Å². The van der Waals surface area contributed by atoms with Gasteiger partial charge in [0.25, 0.3) is 0 Å². The monoisotopic (exact) mass is 356 g/mol. The van der Waals surface area contributed by atoms with E-state index in [4.69, 9.17) is 18.1 Å². The maximum atomic E-state index is 5.84. The number of para-hydroxylation sites is 1. The summed E-state index contributed by atoms with van der Waals surface area (Å²) in [4.78, 5) is 5.42. The average Bonchev–Trinajstić information content (AvgIpc) is 2.59. The zero-order valence-electron chi connectivity index (χ0n) is 15.2. The summed E-state index contributed by atoms with van der Waals surface area (Å²) in [5.74, 6) is 0.818. The molecule has 2 N–H and O–H groups in total. The minimum absolute atomic E-state index is 0.625. The molecule has 0 fully saturated rings. The van der Waals surface area contributed by atoms with Gasteiger partial charge in [-0.15, -0.1) is 0 Å².